The van der Waals surface area contributed by atoms with Crippen molar-refractivity contribution in [3.63, 3.8) is 0 Å². The fourth-order valence-electron chi connectivity index (χ4n) is 4.37. The van der Waals surface area contributed by atoms with Crippen molar-refractivity contribution < 1.29 is 14.3 Å². The molecule has 0 aliphatic rings. The zero-order chi connectivity index (χ0) is 27.5. The SMILES string of the molecule is CCCCCCCCCCCC(=O)NCCN(C(=O)Nc1ccccc1)c1ccc(Oc2ccccc2)cc1. The molecule has 0 atom stereocenters. The van der Waals surface area contributed by atoms with E-state index >= 15 is 0 Å². The van der Waals surface area contributed by atoms with Crippen LogP contribution in [0.2, 0.25) is 0 Å². The van der Waals surface area contributed by atoms with Gasteiger partial charge in [0.25, 0.3) is 0 Å². The van der Waals surface area contributed by atoms with E-state index in [4.69, 9.17) is 4.74 Å². The van der Waals surface area contributed by atoms with Crippen molar-refractivity contribution in [2.45, 2.75) is 71.1 Å². The molecule has 6 nitrogen and oxygen atoms in total. The number of rotatable bonds is 17. The molecule has 3 aromatic carbocycles. The van der Waals surface area contributed by atoms with E-state index in [9.17, 15) is 9.59 Å². The summed E-state index contributed by atoms with van der Waals surface area (Å²) in [6, 6.07) is 26.1. The van der Waals surface area contributed by atoms with Crippen molar-refractivity contribution in [2.75, 3.05) is 23.3 Å². The standard InChI is InChI=1S/C33H43N3O3/c1-2-3-4-5-6-7-8-9-16-21-32(37)34-26-27-36(33(38)35-28-17-12-10-13-18-28)29-22-24-31(25-23-29)39-30-19-14-11-15-20-30/h10-15,17-20,22-25H,2-9,16,21,26-27H2,1H3,(H,34,37)(H,35,38). The maximum absolute atomic E-state index is 13.2. The minimum absolute atomic E-state index is 0.0352. The van der Waals surface area contributed by atoms with E-state index in [1.807, 2.05) is 84.9 Å². The van der Waals surface area contributed by atoms with Crippen LogP contribution in [-0.2, 0) is 4.79 Å². The number of urea groups is 1. The van der Waals surface area contributed by atoms with Gasteiger partial charge in [-0.05, 0) is 55.0 Å². The van der Waals surface area contributed by atoms with Crippen molar-refractivity contribution in [1.29, 1.82) is 0 Å². The molecule has 0 spiro atoms. The summed E-state index contributed by atoms with van der Waals surface area (Å²) in [5.41, 5.74) is 1.43. The quantitative estimate of drug-likeness (QED) is 0.172. The molecule has 3 rings (SSSR count). The predicted molar refractivity (Wildman–Crippen MR) is 161 cm³/mol. The van der Waals surface area contributed by atoms with Gasteiger partial charge in [0.15, 0.2) is 0 Å². The normalized spacial score (nSPS) is 10.6. The largest absolute Gasteiger partial charge is 0.457 e. The smallest absolute Gasteiger partial charge is 0.326 e. The molecule has 0 saturated carbocycles. The van der Waals surface area contributed by atoms with E-state index < -0.39 is 0 Å². The van der Waals surface area contributed by atoms with Gasteiger partial charge in [-0.3, -0.25) is 9.69 Å². The van der Waals surface area contributed by atoms with Gasteiger partial charge >= 0.3 is 6.03 Å². The van der Waals surface area contributed by atoms with E-state index in [-0.39, 0.29) is 11.9 Å². The number of carbonyl (C=O) groups excluding carboxylic acids is 2. The van der Waals surface area contributed by atoms with Gasteiger partial charge in [0.05, 0.1) is 0 Å². The van der Waals surface area contributed by atoms with Crippen LogP contribution >= 0.6 is 0 Å². The molecular weight excluding hydrogens is 486 g/mol. The highest BCUT2D eigenvalue weighted by Gasteiger charge is 2.16. The van der Waals surface area contributed by atoms with Crippen LogP contribution in [-0.4, -0.2) is 25.0 Å². The molecule has 208 valence electrons. The molecular formula is C33H43N3O3. The Labute approximate surface area is 233 Å². The van der Waals surface area contributed by atoms with E-state index in [1.165, 1.54) is 44.9 Å². The van der Waals surface area contributed by atoms with Gasteiger partial charge in [0.1, 0.15) is 11.5 Å². The zero-order valence-corrected chi connectivity index (χ0v) is 23.2. The number of nitrogens with zero attached hydrogens (tertiary/aromatic N) is 1. The number of hydrogen-bond donors (Lipinski definition) is 2. The number of ether oxygens (including phenoxy) is 1. The lowest BCUT2D eigenvalue weighted by molar-refractivity contribution is -0.121. The Hall–Kier alpha value is -3.80. The lowest BCUT2D eigenvalue weighted by Crippen LogP contribution is -2.41. The molecule has 0 fully saturated rings. The summed E-state index contributed by atoms with van der Waals surface area (Å²) >= 11 is 0. The van der Waals surface area contributed by atoms with E-state index in [1.54, 1.807) is 4.90 Å². The molecule has 0 radical (unpaired) electrons. The molecule has 0 heterocycles. The Balaban J connectivity index is 1.48. The monoisotopic (exact) mass is 529 g/mol. The summed E-state index contributed by atoms with van der Waals surface area (Å²) in [5, 5.41) is 5.93. The highest BCUT2D eigenvalue weighted by molar-refractivity contribution is 6.01. The van der Waals surface area contributed by atoms with Gasteiger partial charge in [-0.15, -0.1) is 0 Å². The minimum Gasteiger partial charge on any atom is -0.457 e. The Bertz CT molecular complexity index is 1090. The lowest BCUT2D eigenvalue weighted by atomic mass is 10.1. The third-order valence-electron chi connectivity index (χ3n) is 6.56. The first-order valence-corrected chi connectivity index (χ1v) is 14.4. The first-order chi connectivity index (χ1) is 19.2. The average molecular weight is 530 g/mol. The third kappa shape index (κ3) is 11.6. The number of carbonyl (C=O) groups is 2. The van der Waals surface area contributed by atoms with Crippen LogP contribution in [0.25, 0.3) is 0 Å². The van der Waals surface area contributed by atoms with Gasteiger partial charge < -0.3 is 15.4 Å². The van der Waals surface area contributed by atoms with E-state index in [0.717, 1.165) is 24.3 Å². The van der Waals surface area contributed by atoms with Crippen LogP contribution in [0.15, 0.2) is 84.9 Å². The summed E-state index contributed by atoms with van der Waals surface area (Å²) in [4.78, 5) is 27.2. The highest BCUT2D eigenvalue weighted by Crippen LogP contribution is 2.25. The summed E-state index contributed by atoms with van der Waals surface area (Å²) in [6.45, 7) is 2.96. The summed E-state index contributed by atoms with van der Waals surface area (Å²) < 4.78 is 5.89. The van der Waals surface area contributed by atoms with Gasteiger partial charge in [-0.2, -0.15) is 0 Å². The van der Waals surface area contributed by atoms with Crippen molar-refractivity contribution >= 4 is 23.3 Å². The van der Waals surface area contributed by atoms with Crippen LogP contribution < -0.4 is 20.3 Å². The molecule has 0 aromatic heterocycles. The molecule has 39 heavy (non-hydrogen) atoms. The molecule has 0 bridgehead atoms. The molecule has 0 aliphatic carbocycles. The molecule has 6 heteroatoms. The fourth-order valence-corrected chi connectivity index (χ4v) is 4.37. The van der Waals surface area contributed by atoms with Crippen molar-refractivity contribution in [2.24, 2.45) is 0 Å². The zero-order valence-electron chi connectivity index (χ0n) is 23.2. The number of benzene rings is 3. The predicted octanol–water partition coefficient (Wildman–Crippen LogP) is 8.55. The molecule has 0 aliphatic heterocycles. The Kier molecular flexibility index (Phi) is 13.5. The second-order valence-electron chi connectivity index (χ2n) is 9.79. The first-order valence-electron chi connectivity index (χ1n) is 14.4. The Morgan fingerprint density at radius 1 is 0.692 bits per heavy atom. The number of amides is 3. The van der Waals surface area contributed by atoms with Crippen LogP contribution in [0.4, 0.5) is 16.2 Å². The maximum atomic E-state index is 13.2. The van der Waals surface area contributed by atoms with Crippen molar-refractivity contribution in [3.05, 3.63) is 84.9 Å². The van der Waals surface area contributed by atoms with Crippen LogP contribution in [0.3, 0.4) is 0 Å². The summed E-state index contributed by atoms with van der Waals surface area (Å²) in [5.74, 6) is 1.47. The number of para-hydroxylation sites is 2. The number of hydrogen-bond acceptors (Lipinski definition) is 3. The number of anilines is 2. The van der Waals surface area contributed by atoms with E-state index in [0.29, 0.717) is 30.9 Å². The maximum Gasteiger partial charge on any atom is 0.326 e. The highest BCUT2D eigenvalue weighted by atomic mass is 16.5. The first kappa shape index (κ1) is 29.8. The van der Waals surface area contributed by atoms with Gasteiger partial charge in [-0.1, -0.05) is 94.7 Å². The van der Waals surface area contributed by atoms with Crippen LogP contribution in [0.5, 0.6) is 11.5 Å². The Morgan fingerprint density at radius 3 is 1.90 bits per heavy atom. The molecule has 2 N–H and O–H groups in total. The second-order valence-corrected chi connectivity index (χ2v) is 9.79. The van der Waals surface area contributed by atoms with Crippen molar-refractivity contribution in [3.8, 4) is 11.5 Å². The molecule has 3 aromatic rings. The lowest BCUT2D eigenvalue weighted by Gasteiger charge is -2.24. The molecule has 0 saturated heterocycles. The minimum atomic E-state index is -0.258. The van der Waals surface area contributed by atoms with Crippen LogP contribution in [0.1, 0.15) is 71.1 Å². The topological polar surface area (TPSA) is 70.7 Å². The number of unbranched alkanes of at least 4 members (excludes halogenated alkanes) is 8. The Morgan fingerprint density at radius 2 is 1.26 bits per heavy atom. The fraction of sp³-hybridized carbons (Fsp3) is 0.394. The summed E-state index contributed by atoms with van der Waals surface area (Å²) in [6.07, 6.45) is 11.5. The van der Waals surface area contributed by atoms with Gasteiger partial charge in [0.2, 0.25) is 5.91 Å². The summed E-state index contributed by atoms with van der Waals surface area (Å²) in [7, 11) is 0. The molecule has 0 unspecified atom stereocenters. The average Bonchev–Trinajstić information content (AvgIpc) is 2.96. The van der Waals surface area contributed by atoms with Crippen LogP contribution in [0, 0.1) is 0 Å². The molecule has 3 amide bonds. The van der Waals surface area contributed by atoms with E-state index in [2.05, 4.69) is 17.6 Å². The van der Waals surface area contributed by atoms with Gasteiger partial charge in [0, 0.05) is 30.9 Å². The third-order valence-corrected chi connectivity index (χ3v) is 6.56. The van der Waals surface area contributed by atoms with Crippen molar-refractivity contribution in [1.82, 2.24) is 5.32 Å². The number of nitrogens with one attached hydrogen (secondary N) is 2. The second kappa shape index (κ2) is 17.7. The van der Waals surface area contributed by atoms with Gasteiger partial charge in [-0.25, -0.2) is 4.79 Å².